The fourth-order valence-electron chi connectivity index (χ4n) is 4.73. The third-order valence-corrected chi connectivity index (χ3v) is 7.19. The number of benzene rings is 2. The van der Waals surface area contributed by atoms with Crippen LogP contribution in [0.3, 0.4) is 0 Å². The van der Waals surface area contributed by atoms with Gasteiger partial charge in [0.1, 0.15) is 17.8 Å². The second kappa shape index (κ2) is 17.5. The highest BCUT2D eigenvalue weighted by Crippen LogP contribution is 2.20. The van der Waals surface area contributed by atoms with E-state index in [4.69, 9.17) is 4.74 Å². The van der Waals surface area contributed by atoms with Crippen molar-refractivity contribution >= 4 is 11.8 Å². The van der Waals surface area contributed by atoms with E-state index in [1.54, 1.807) is 0 Å². The minimum Gasteiger partial charge on any atom is -0.493 e. The van der Waals surface area contributed by atoms with Crippen molar-refractivity contribution in [2.75, 3.05) is 13.2 Å². The number of allylic oxidation sites excluding steroid dienone is 1. The zero-order valence-electron chi connectivity index (χ0n) is 26.4. The van der Waals surface area contributed by atoms with Gasteiger partial charge in [-0.2, -0.15) is 0 Å². The number of ether oxygens (including phenoxy) is 1. The topological polar surface area (TPSA) is 79.5 Å². The van der Waals surface area contributed by atoms with Gasteiger partial charge in [0.05, 0.1) is 6.61 Å². The maximum Gasteiger partial charge on any atom is 0.243 e. The van der Waals surface area contributed by atoms with Gasteiger partial charge in [-0.15, -0.1) is 0 Å². The molecule has 3 N–H and O–H groups in total. The Bertz CT molecular complexity index is 1110. The lowest BCUT2D eigenvalue weighted by Crippen LogP contribution is -2.54. The summed E-state index contributed by atoms with van der Waals surface area (Å²) in [5.41, 5.74) is 4.45. The fourth-order valence-corrected chi connectivity index (χ4v) is 4.73. The number of hydrogen-bond donors (Lipinski definition) is 3. The van der Waals surface area contributed by atoms with E-state index in [1.165, 1.54) is 11.1 Å². The number of para-hydroxylation sites is 1. The second-order valence-corrected chi connectivity index (χ2v) is 12.0. The van der Waals surface area contributed by atoms with Crippen LogP contribution in [0.25, 0.3) is 0 Å². The third-order valence-electron chi connectivity index (χ3n) is 7.19. The molecule has 0 fully saturated rings. The van der Waals surface area contributed by atoms with Crippen molar-refractivity contribution in [1.82, 2.24) is 16.0 Å². The molecule has 0 aliphatic rings. The fraction of sp³-hybridized carbons (Fsp3) is 0.543. The minimum absolute atomic E-state index is 0.0289. The quantitative estimate of drug-likeness (QED) is 0.184. The molecule has 0 aliphatic heterocycles. The van der Waals surface area contributed by atoms with E-state index in [2.05, 4.69) is 80.6 Å². The molecule has 3 atom stereocenters. The lowest BCUT2D eigenvalue weighted by molar-refractivity contribution is -0.130. The smallest absolute Gasteiger partial charge is 0.243 e. The second-order valence-electron chi connectivity index (χ2n) is 12.0. The van der Waals surface area contributed by atoms with E-state index in [1.807, 2.05) is 39.0 Å². The minimum atomic E-state index is -0.574. The maximum atomic E-state index is 13.4. The highest BCUT2D eigenvalue weighted by Gasteiger charge is 2.28. The molecule has 6 nitrogen and oxygen atoms in total. The predicted molar refractivity (Wildman–Crippen MR) is 170 cm³/mol. The summed E-state index contributed by atoms with van der Waals surface area (Å²) in [6.45, 7) is 20.0. The van der Waals surface area contributed by atoms with Gasteiger partial charge in [0.15, 0.2) is 0 Å². The molecule has 0 radical (unpaired) electrons. The van der Waals surface area contributed by atoms with Crippen LogP contribution in [-0.4, -0.2) is 37.0 Å². The summed E-state index contributed by atoms with van der Waals surface area (Å²) in [7, 11) is 0. The third kappa shape index (κ3) is 12.0. The average molecular weight is 564 g/mol. The van der Waals surface area contributed by atoms with Gasteiger partial charge >= 0.3 is 0 Å². The Morgan fingerprint density at radius 3 is 2.34 bits per heavy atom. The zero-order chi connectivity index (χ0) is 30.4. The van der Waals surface area contributed by atoms with Gasteiger partial charge in [-0.25, -0.2) is 0 Å². The first kappa shape index (κ1) is 33.9. The Morgan fingerprint density at radius 2 is 1.68 bits per heavy atom. The summed E-state index contributed by atoms with van der Waals surface area (Å²) in [4.78, 5) is 26.5. The monoisotopic (exact) mass is 563 g/mol. The molecule has 0 aromatic heterocycles. The summed E-state index contributed by atoms with van der Waals surface area (Å²) in [6.07, 6.45) is 3.81. The molecule has 0 saturated carbocycles. The van der Waals surface area contributed by atoms with E-state index in [0.717, 1.165) is 42.7 Å². The lowest BCUT2D eigenvalue weighted by atomic mass is 9.95. The van der Waals surface area contributed by atoms with Crippen molar-refractivity contribution in [3.05, 3.63) is 77.5 Å². The van der Waals surface area contributed by atoms with Crippen molar-refractivity contribution in [2.24, 2.45) is 17.8 Å². The van der Waals surface area contributed by atoms with E-state index >= 15 is 0 Å². The molecular weight excluding hydrogens is 510 g/mol. The molecule has 41 heavy (non-hydrogen) atoms. The number of amides is 2. The highest BCUT2D eigenvalue weighted by atomic mass is 16.5. The van der Waals surface area contributed by atoms with E-state index in [-0.39, 0.29) is 23.7 Å². The van der Waals surface area contributed by atoms with Crippen LogP contribution in [0.15, 0.2) is 60.8 Å². The van der Waals surface area contributed by atoms with Gasteiger partial charge in [-0.3, -0.25) is 9.59 Å². The summed E-state index contributed by atoms with van der Waals surface area (Å²) < 4.78 is 5.96. The van der Waals surface area contributed by atoms with E-state index in [9.17, 15) is 9.59 Å². The molecule has 0 aliphatic carbocycles. The van der Waals surface area contributed by atoms with Crippen LogP contribution in [0, 0.1) is 24.7 Å². The standard InChI is InChI=1S/C35H53N3O3/c1-9-14-31(34(39)36-20-13-18-30-17-10-11-19-32(30)41-23-24(2)3)38-35(40)33(25(4)5)37-28(8)27(7)22-29-16-12-15-26(6)21-29/h10-12,15-17,19,21,24-25,27,31,33,37H,8-9,13-14,18,20,22-23H2,1-7H3,(H,36,39)(H,38,40)/t27-,31+,33-/m1/s1. The molecule has 0 saturated heterocycles. The van der Waals surface area contributed by atoms with Crippen molar-refractivity contribution < 1.29 is 14.3 Å². The molecule has 2 aromatic rings. The summed E-state index contributed by atoms with van der Waals surface area (Å²) in [6, 6.07) is 15.5. The van der Waals surface area contributed by atoms with Gasteiger partial charge in [0, 0.05) is 12.2 Å². The van der Waals surface area contributed by atoms with Crippen LogP contribution in [0.5, 0.6) is 5.75 Å². The average Bonchev–Trinajstić information content (AvgIpc) is 2.92. The van der Waals surface area contributed by atoms with Crippen LogP contribution in [0.1, 0.15) is 77.5 Å². The number of carbonyl (C=O) groups excluding carboxylic acids is 2. The molecule has 2 amide bonds. The van der Waals surface area contributed by atoms with Crippen molar-refractivity contribution in [3.63, 3.8) is 0 Å². The first-order valence-electron chi connectivity index (χ1n) is 15.3. The zero-order valence-corrected chi connectivity index (χ0v) is 26.4. The number of hydrogen-bond acceptors (Lipinski definition) is 4. The Morgan fingerprint density at radius 1 is 0.951 bits per heavy atom. The van der Waals surface area contributed by atoms with Crippen molar-refractivity contribution in [3.8, 4) is 5.75 Å². The number of carbonyl (C=O) groups is 2. The normalized spacial score (nSPS) is 13.4. The Labute approximate surface area is 248 Å². The Kier molecular flexibility index (Phi) is 14.5. The largest absolute Gasteiger partial charge is 0.493 e. The van der Waals surface area contributed by atoms with Crippen LogP contribution in [0.2, 0.25) is 0 Å². The van der Waals surface area contributed by atoms with E-state index < -0.39 is 12.1 Å². The first-order chi connectivity index (χ1) is 19.5. The van der Waals surface area contributed by atoms with Crippen molar-refractivity contribution in [1.29, 1.82) is 0 Å². The van der Waals surface area contributed by atoms with Crippen LogP contribution in [-0.2, 0) is 22.4 Å². The molecule has 2 aromatic carbocycles. The molecule has 6 heteroatoms. The SMILES string of the molecule is C=C(N[C@@H](C(=O)N[C@@H](CCC)C(=O)NCCCc1ccccc1OCC(C)C)C(C)C)[C@H](C)Cc1cccc(C)c1. The van der Waals surface area contributed by atoms with Crippen LogP contribution >= 0.6 is 0 Å². The summed E-state index contributed by atoms with van der Waals surface area (Å²) in [5.74, 6) is 1.24. The van der Waals surface area contributed by atoms with Gasteiger partial charge in [0.2, 0.25) is 11.8 Å². The summed E-state index contributed by atoms with van der Waals surface area (Å²) in [5, 5.41) is 9.44. The Balaban J connectivity index is 1.91. The maximum absolute atomic E-state index is 13.4. The Hall–Kier alpha value is -3.28. The molecule has 0 unspecified atom stereocenters. The predicted octanol–water partition coefficient (Wildman–Crippen LogP) is 6.37. The molecule has 0 heterocycles. The van der Waals surface area contributed by atoms with Gasteiger partial charge in [-0.1, -0.05) is 103 Å². The van der Waals surface area contributed by atoms with Crippen LogP contribution < -0.4 is 20.7 Å². The van der Waals surface area contributed by atoms with Gasteiger partial charge in [0.25, 0.3) is 0 Å². The first-order valence-corrected chi connectivity index (χ1v) is 15.3. The number of nitrogens with one attached hydrogen (secondary N) is 3. The summed E-state index contributed by atoms with van der Waals surface area (Å²) >= 11 is 0. The van der Waals surface area contributed by atoms with Crippen molar-refractivity contribution in [2.45, 2.75) is 92.7 Å². The molecule has 0 spiro atoms. The highest BCUT2D eigenvalue weighted by molar-refractivity contribution is 5.90. The van der Waals surface area contributed by atoms with Crippen LogP contribution in [0.4, 0.5) is 0 Å². The molecular formula is C35H53N3O3. The molecule has 2 rings (SSSR count). The number of rotatable bonds is 18. The molecule has 0 bridgehead atoms. The number of aryl methyl sites for hydroxylation is 2. The van der Waals surface area contributed by atoms with Gasteiger partial charge in [-0.05, 0) is 67.6 Å². The lowest BCUT2D eigenvalue weighted by Gasteiger charge is -2.28. The van der Waals surface area contributed by atoms with Gasteiger partial charge < -0.3 is 20.7 Å². The van der Waals surface area contributed by atoms with E-state index in [0.29, 0.717) is 25.5 Å². The molecule has 226 valence electrons.